The Bertz CT molecular complexity index is 1770. The van der Waals surface area contributed by atoms with Crippen LogP contribution in [0.1, 0.15) is 0 Å². The van der Waals surface area contributed by atoms with Crippen LogP contribution in [0.2, 0.25) is 0 Å². The molecule has 0 saturated carbocycles. The maximum Gasteiger partial charge on any atom is 0.207 e. The first-order valence-corrected chi connectivity index (χ1v) is 10.2. The Kier molecular flexibility index (Phi) is 3.94. The maximum absolute atomic E-state index is 15.4. The summed E-state index contributed by atoms with van der Waals surface area (Å²) >= 11 is 0. The van der Waals surface area contributed by atoms with Crippen LogP contribution in [0, 0.1) is 12.4 Å². The second-order valence-corrected chi connectivity index (χ2v) is 7.79. The average molecular weight is 433 g/mol. The standard InChI is InChI=1S/C25H16FN7/c1-28-23-16-6-4-3-5-14(16)9-18(26)22(23)24-17(11-30-32(24)2)15-7-8-20-19(10-15)31-25(27)21-12-29-13-33(20)21/h3-13H,2H3,(H2,27,31). The molecule has 0 unspecified atom stereocenters. The van der Waals surface area contributed by atoms with Gasteiger partial charge in [-0.25, -0.2) is 19.2 Å². The van der Waals surface area contributed by atoms with Crippen LogP contribution in [-0.2, 0) is 7.05 Å². The number of hydrogen-bond acceptors (Lipinski definition) is 4. The van der Waals surface area contributed by atoms with Gasteiger partial charge < -0.3 is 5.73 Å². The molecule has 6 rings (SSSR count). The third-order valence-electron chi connectivity index (χ3n) is 5.95. The molecular formula is C25H16FN7. The number of nitrogens with two attached hydrogens (primary N) is 1. The lowest BCUT2D eigenvalue weighted by Gasteiger charge is -2.13. The normalized spacial score (nSPS) is 11.4. The summed E-state index contributed by atoms with van der Waals surface area (Å²) < 4.78 is 18.9. The molecule has 0 aliphatic heterocycles. The van der Waals surface area contributed by atoms with Crippen molar-refractivity contribution in [2.45, 2.75) is 0 Å². The van der Waals surface area contributed by atoms with E-state index in [-0.39, 0.29) is 11.3 Å². The van der Waals surface area contributed by atoms with E-state index in [1.54, 1.807) is 36.5 Å². The molecule has 0 fully saturated rings. The topological polar surface area (TPSA) is 78.4 Å². The van der Waals surface area contributed by atoms with Crippen LogP contribution in [0.15, 0.2) is 67.3 Å². The molecule has 0 aliphatic carbocycles. The van der Waals surface area contributed by atoms with Gasteiger partial charge in [0.15, 0.2) is 0 Å². The number of hydrogen-bond donors (Lipinski definition) is 1. The van der Waals surface area contributed by atoms with Crippen molar-refractivity contribution in [2.75, 3.05) is 5.73 Å². The number of rotatable bonds is 2. The molecule has 8 heteroatoms. The summed E-state index contributed by atoms with van der Waals surface area (Å²) in [7, 11) is 1.74. The van der Waals surface area contributed by atoms with Gasteiger partial charge in [-0.1, -0.05) is 30.3 Å². The van der Waals surface area contributed by atoms with E-state index in [1.807, 2.05) is 40.8 Å². The Morgan fingerprint density at radius 3 is 2.76 bits per heavy atom. The van der Waals surface area contributed by atoms with Crippen molar-refractivity contribution in [1.29, 1.82) is 0 Å². The van der Waals surface area contributed by atoms with E-state index in [4.69, 9.17) is 12.3 Å². The molecule has 0 bridgehead atoms. The molecule has 0 saturated heterocycles. The van der Waals surface area contributed by atoms with Gasteiger partial charge in [-0.15, -0.1) is 0 Å². The second-order valence-electron chi connectivity index (χ2n) is 7.79. The molecule has 0 spiro atoms. The highest BCUT2D eigenvalue weighted by atomic mass is 19.1. The monoisotopic (exact) mass is 433 g/mol. The van der Waals surface area contributed by atoms with Crippen LogP contribution in [-0.4, -0.2) is 24.1 Å². The fourth-order valence-electron chi connectivity index (χ4n) is 4.43. The predicted octanol–water partition coefficient (Wildman–Crippen LogP) is 5.38. The number of aromatic nitrogens is 5. The number of imidazole rings is 1. The van der Waals surface area contributed by atoms with Crippen LogP contribution in [0.4, 0.5) is 15.9 Å². The summed E-state index contributed by atoms with van der Waals surface area (Å²) in [5, 5.41) is 5.78. The average Bonchev–Trinajstić information content (AvgIpc) is 3.45. The molecule has 3 heterocycles. The molecular weight excluding hydrogens is 417 g/mol. The Morgan fingerprint density at radius 2 is 1.91 bits per heavy atom. The van der Waals surface area contributed by atoms with Crippen molar-refractivity contribution in [3.8, 4) is 22.4 Å². The van der Waals surface area contributed by atoms with E-state index in [0.717, 1.165) is 16.6 Å². The van der Waals surface area contributed by atoms with Crippen molar-refractivity contribution in [2.24, 2.45) is 7.05 Å². The zero-order chi connectivity index (χ0) is 22.7. The van der Waals surface area contributed by atoms with Crippen molar-refractivity contribution in [3.05, 3.63) is 84.5 Å². The Hall–Kier alpha value is -4.77. The first-order valence-electron chi connectivity index (χ1n) is 10.2. The van der Waals surface area contributed by atoms with Crippen molar-refractivity contribution >= 4 is 38.8 Å². The fourth-order valence-corrected chi connectivity index (χ4v) is 4.43. The lowest BCUT2D eigenvalue weighted by Crippen LogP contribution is -1.99. The van der Waals surface area contributed by atoms with E-state index in [2.05, 4.69) is 19.9 Å². The number of nitrogens with zero attached hydrogens (tertiary/aromatic N) is 6. The number of halogens is 1. The van der Waals surface area contributed by atoms with Gasteiger partial charge in [-0.3, -0.25) is 9.08 Å². The summed E-state index contributed by atoms with van der Waals surface area (Å²) in [5.74, 6) is -0.0905. The second kappa shape index (κ2) is 6.87. The van der Waals surface area contributed by atoms with Crippen molar-refractivity contribution < 1.29 is 4.39 Å². The molecule has 6 aromatic rings. The molecule has 0 aliphatic rings. The number of benzene rings is 3. The minimum absolute atomic E-state index is 0.233. The summed E-state index contributed by atoms with van der Waals surface area (Å²) in [4.78, 5) is 12.4. The van der Waals surface area contributed by atoms with Crippen LogP contribution in [0.5, 0.6) is 0 Å². The van der Waals surface area contributed by atoms with E-state index < -0.39 is 5.82 Å². The van der Waals surface area contributed by atoms with Gasteiger partial charge in [0.2, 0.25) is 5.69 Å². The van der Waals surface area contributed by atoms with Gasteiger partial charge in [0, 0.05) is 18.2 Å². The zero-order valence-electron chi connectivity index (χ0n) is 17.5. The first kappa shape index (κ1) is 19.0. The molecule has 3 aromatic heterocycles. The van der Waals surface area contributed by atoms with Gasteiger partial charge >= 0.3 is 0 Å². The number of fused-ring (bicyclic) bond motifs is 4. The van der Waals surface area contributed by atoms with Gasteiger partial charge in [-0.05, 0) is 34.5 Å². The Balaban J connectivity index is 1.63. The fraction of sp³-hybridized carbons (Fsp3) is 0.0400. The highest BCUT2D eigenvalue weighted by Gasteiger charge is 2.22. The van der Waals surface area contributed by atoms with Crippen LogP contribution >= 0.6 is 0 Å². The van der Waals surface area contributed by atoms with E-state index >= 15 is 4.39 Å². The highest BCUT2D eigenvalue weighted by Crippen LogP contribution is 2.43. The van der Waals surface area contributed by atoms with Gasteiger partial charge in [0.1, 0.15) is 17.2 Å². The number of nitrogen functional groups attached to an aromatic ring is 1. The van der Waals surface area contributed by atoms with Crippen molar-refractivity contribution in [1.82, 2.24) is 24.1 Å². The molecule has 2 N–H and O–H groups in total. The summed E-state index contributed by atoms with van der Waals surface area (Å²) in [6, 6.07) is 14.5. The van der Waals surface area contributed by atoms with Crippen LogP contribution < -0.4 is 5.73 Å². The highest BCUT2D eigenvalue weighted by molar-refractivity contribution is 6.04. The van der Waals surface area contributed by atoms with E-state index in [9.17, 15) is 0 Å². The molecule has 3 aromatic carbocycles. The molecule has 158 valence electrons. The molecule has 0 atom stereocenters. The Labute approximate surface area is 187 Å². The number of aryl methyl sites for hydroxylation is 1. The zero-order valence-corrected chi connectivity index (χ0v) is 17.5. The lowest BCUT2D eigenvalue weighted by atomic mass is 9.96. The van der Waals surface area contributed by atoms with Crippen LogP contribution in [0.25, 0.3) is 54.6 Å². The van der Waals surface area contributed by atoms with E-state index in [0.29, 0.717) is 33.4 Å². The summed E-state index contributed by atoms with van der Waals surface area (Å²) in [5.41, 5.74) is 10.9. The SMILES string of the molecule is [C-]#[N+]c1c(-c2c(-c3ccc4c(c3)nc(N)c3cncn34)cnn2C)c(F)cc2ccccc12. The van der Waals surface area contributed by atoms with Crippen molar-refractivity contribution in [3.63, 3.8) is 0 Å². The molecule has 0 radical (unpaired) electrons. The lowest BCUT2D eigenvalue weighted by molar-refractivity contribution is 0.630. The minimum Gasteiger partial charge on any atom is -0.382 e. The predicted molar refractivity (Wildman–Crippen MR) is 126 cm³/mol. The third kappa shape index (κ3) is 2.69. The minimum atomic E-state index is -0.465. The smallest absolute Gasteiger partial charge is 0.207 e. The largest absolute Gasteiger partial charge is 0.382 e. The first-order chi connectivity index (χ1) is 16.1. The molecule has 7 nitrogen and oxygen atoms in total. The molecule has 33 heavy (non-hydrogen) atoms. The molecule has 0 amide bonds. The van der Waals surface area contributed by atoms with Gasteiger partial charge in [0.05, 0.1) is 42.0 Å². The van der Waals surface area contributed by atoms with Crippen LogP contribution in [0.3, 0.4) is 0 Å². The number of anilines is 1. The summed E-state index contributed by atoms with van der Waals surface area (Å²) in [6.45, 7) is 7.80. The third-order valence-corrected chi connectivity index (χ3v) is 5.95. The quantitative estimate of drug-likeness (QED) is 0.372. The maximum atomic E-state index is 15.4. The summed E-state index contributed by atoms with van der Waals surface area (Å²) in [6.07, 6.45) is 5.04. The van der Waals surface area contributed by atoms with Gasteiger partial charge in [0.25, 0.3) is 0 Å². The van der Waals surface area contributed by atoms with E-state index in [1.165, 1.54) is 6.07 Å². The Morgan fingerprint density at radius 1 is 1.06 bits per heavy atom. The van der Waals surface area contributed by atoms with Gasteiger partial charge in [-0.2, -0.15) is 5.10 Å².